The summed E-state index contributed by atoms with van der Waals surface area (Å²) in [6.07, 6.45) is 0. The smallest absolute Gasteiger partial charge is 0.176 e. The summed E-state index contributed by atoms with van der Waals surface area (Å²) < 4.78 is 8.20. The van der Waals surface area contributed by atoms with Crippen LogP contribution in [0.25, 0.3) is 31.1 Å². The second-order valence-electron chi connectivity index (χ2n) is 6.00. The molecule has 0 aliphatic heterocycles. The SMILES string of the molecule is N=C(c1oc2ccccc2c1N)c1cccc2c1sc1ccccc12. The van der Waals surface area contributed by atoms with Gasteiger partial charge >= 0.3 is 0 Å². The molecule has 3 N–H and O–H groups in total. The van der Waals surface area contributed by atoms with Crippen LogP contribution < -0.4 is 5.73 Å². The van der Waals surface area contributed by atoms with E-state index in [0.717, 1.165) is 21.0 Å². The number of rotatable bonds is 2. The third-order valence-corrected chi connectivity index (χ3v) is 5.75. The molecule has 2 heterocycles. The molecule has 0 fully saturated rings. The Balaban J connectivity index is 1.77. The van der Waals surface area contributed by atoms with E-state index in [-0.39, 0.29) is 0 Å². The number of nitrogens with two attached hydrogens (primary N) is 1. The Morgan fingerprint density at radius 3 is 2.40 bits per heavy atom. The number of anilines is 1. The van der Waals surface area contributed by atoms with Crippen molar-refractivity contribution < 1.29 is 4.42 Å². The van der Waals surface area contributed by atoms with Crippen LogP contribution in [-0.4, -0.2) is 5.71 Å². The van der Waals surface area contributed by atoms with E-state index in [9.17, 15) is 0 Å². The highest BCUT2D eigenvalue weighted by atomic mass is 32.1. The summed E-state index contributed by atoms with van der Waals surface area (Å²) in [5.41, 5.74) is 8.68. The van der Waals surface area contributed by atoms with E-state index in [2.05, 4.69) is 18.2 Å². The molecular weight excluding hydrogens is 328 g/mol. The van der Waals surface area contributed by atoms with Gasteiger partial charge in [-0.2, -0.15) is 0 Å². The van der Waals surface area contributed by atoms with Crippen molar-refractivity contribution in [1.82, 2.24) is 0 Å². The fourth-order valence-corrected chi connectivity index (χ4v) is 4.54. The molecule has 0 unspecified atom stereocenters. The number of thiophene rings is 1. The van der Waals surface area contributed by atoms with Crippen molar-refractivity contribution >= 4 is 53.9 Å². The Morgan fingerprint density at radius 1 is 0.840 bits per heavy atom. The number of benzene rings is 3. The maximum atomic E-state index is 8.73. The molecule has 0 saturated heterocycles. The second kappa shape index (κ2) is 5.19. The van der Waals surface area contributed by atoms with Crippen molar-refractivity contribution in [3.05, 3.63) is 78.1 Å². The summed E-state index contributed by atoms with van der Waals surface area (Å²) in [4.78, 5) is 0. The Kier molecular flexibility index (Phi) is 2.96. The third-order valence-electron chi connectivity index (χ3n) is 4.53. The third kappa shape index (κ3) is 2.01. The maximum Gasteiger partial charge on any atom is 0.176 e. The molecule has 0 bridgehead atoms. The first-order chi connectivity index (χ1) is 12.2. The zero-order valence-corrected chi connectivity index (χ0v) is 14.1. The summed E-state index contributed by atoms with van der Waals surface area (Å²) in [7, 11) is 0. The van der Waals surface area contributed by atoms with Gasteiger partial charge < -0.3 is 10.2 Å². The highest BCUT2D eigenvalue weighted by Crippen LogP contribution is 2.38. The number of hydrogen-bond acceptors (Lipinski definition) is 4. The molecule has 3 nitrogen and oxygen atoms in total. The van der Waals surface area contributed by atoms with Crippen LogP contribution in [0.5, 0.6) is 0 Å². The van der Waals surface area contributed by atoms with Gasteiger partial charge in [0.05, 0.1) is 5.69 Å². The number of furan rings is 1. The topological polar surface area (TPSA) is 63.0 Å². The van der Waals surface area contributed by atoms with E-state index < -0.39 is 0 Å². The normalized spacial score (nSPS) is 11.5. The van der Waals surface area contributed by atoms with Crippen molar-refractivity contribution in [2.75, 3.05) is 5.73 Å². The lowest BCUT2D eigenvalue weighted by atomic mass is 10.0. The van der Waals surface area contributed by atoms with Crippen LogP contribution in [0, 0.1) is 5.41 Å². The molecule has 2 aromatic heterocycles. The van der Waals surface area contributed by atoms with Gasteiger partial charge in [-0.25, -0.2) is 0 Å². The molecule has 5 aromatic rings. The van der Waals surface area contributed by atoms with Crippen molar-refractivity contribution in [3.8, 4) is 0 Å². The summed E-state index contributed by atoms with van der Waals surface area (Å²) in [6.45, 7) is 0. The molecule has 0 radical (unpaired) electrons. The van der Waals surface area contributed by atoms with Crippen LogP contribution in [0.4, 0.5) is 5.69 Å². The largest absolute Gasteiger partial charge is 0.452 e. The summed E-state index contributed by atoms with van der Waals surface area (Å²) in [5, 5.41) is 12.0. The van der Waals surface area contributed by atoms with Crippen molar-refractivity contribution in [2.24, 2.45) is 0 Å². The quantitative estimate of drug-likeness (QED) is 0.398. The van der Waals surface area contributed by atoms with Crippen LogP contribution in [0.2, 0.25) is 0 Å². The Bertz CT molecular complexity index is 1280. The minimum atomic E-state index is 0.325. The van der Waals surface area contributed by atoms with Gasteiger partial charge in [-0.05, 0) is 18.2 Å². The second-order valence-corrected chi connectivity index (χ2v) is 7.05. The summed E-state index contributed by atoms with van der Waals surface area (Å²) in [5.74, 6) is 0.436. The fraction of sp³-hybridized carbons (Fsp3) is 0. The van der Waals surface area contributed by atoms with Crippen LogP contribution >= 0.6 is 11.3 Å². The van der Waals surface area contributed by atoms with Gasteiger partial charge in [-0.15, -0.1) is 11.3 Å². The minimum Gasteiger partial charge on any atom is -0.452 e. The van der Waals surface area contributed by atoms with Gasteiger partial charge in [0.2, 0.25) is 0 Å². The highest BCUT2D eigenvalue weighted by molar-refractivity contribution is 7.26. The van der Waals surface area contributed by atoms with Gasteiger partial charge in [0, 0.05) is 31.1 Å². The zero-order valence-electron chi connectivity index (χ0n) is 13.2. The molecule has 3 aromatic carbocycles. The Morgan fingerprint density at radius 2 is 1.56 bits per heavy atom. The minimum absolute atomic E-state index is 0.325. The van der Waals surface area contributed by atoms with Crippen LogP contribution in [-0.2, 0) is 0 Å². The van der Waals surface area contributed by atoms with E-state index >= 15 is 0 Å². The van der Waals surface area contributed by atoms with Gasteiger partial charge in [0.25, 0.3) is 0 Å². The number of nitrogen functional groups attached to an aromatic ring is 1. The van der Waals surface area contributed by atoms with Crippen LogP contribution in [0.3, 0.4) is 0 Å². The maximum absolute atomic E-state index is 8.73. The van der Waals surface area contributed by atoms with E-state index in [1.165, 1.54) is 10.1 Å². The van der Waals surface area contributed by atoms with E-state index in [1.54, 1.807) is 11.3 Å². The van der Waals surface area contributed by atoms with E-state index in [1.807, 2.05) is 48.5 Å². The Hall–Kier alpha value is -3.11. The molecule has 4 heteroatoms. The predicted molar refractivity (Wildman–Crippen MR) is 106 cm³/mol. The highest BCUT2D eigenvalue weighted by Gasteiger charge is 2.19. The van der Waals surface area contributed by atoms with Gasteiger partial charge in [-0.1, -0.05) is 48.5 Å². The average molecular weight is 342 g/mol. The zero-order chi connectivity index (χ0) is 17.0. The first-order valence-electron chi connectivity index (χ1n) is 8.00. The first-order valence-corrected chi connectivity index (χ1v) is 8.82. The molecule has 0 aliphatic rings. The van der Waals surface area contributed by atoms with Gasteiger partial charge in [-0.3, -0.25) is 5.41 Å². The predicted octanol–water partition coefficient (Wildman–Crippen LogP) is 5.80. The molecule has 0 aliphatic carbocycles. The van der Waals surface area contributed by atoms with Gasteiger partial charge in [0.15, 0.2) is 5.76 Å². The first kappa shape index (κ1) is 14.3. The number of fused-ring (bicyclic) bond motifs is 4. The molecule has 0 saturated carbocycles. The van der Waals surface area contributed by atoms with Crippen molar-refractivity contribution in [2.45, 2.75) is 0 Å². The fourth-order valence-electron chi connectivity index (χ4n) is 3.32. The molecule has 0 atom stereocenters. The average Bonchev–Trinajstić information content (AvgIpc) is 3.19. The lowest BCUT2D eigenvalue weighted by molar-refractivity contribution is 0.606. The Labute approximate surface area is 147 Å². The number of nitrogens with one attached hydrogen (secondary N) is 1. The van der Waals surface area contributed by atoms with Crippen molar-refractivity contribution in [1.29, 1.82) is 5.41 Å². The van der Waals surface area contributed by atoms with Crippen LogP contribution in [0.15, 0.2) is 71.1 Å². The van der Waals surface area contributed by atoms with Crippen molar-refractivity contribution in [3.63, 3.8) is 0 Å². The lowest BCUT2D eigenvalue weighted by Gasteiger charge is -2.04. The van der Waals surface area contributed by atoms with Crippen LogP contribution in [0.1, 0.15) is 11.3 Å². The summed E-state index contributed by atoms with van der Waals surface area (Å²) in [6, 6.07) is 22.0. The standard InChI is InChI=1S/C21H14N2OS/c22-18-14-7-1-3-10-16(14)24-20(18)19(23)15-9-5-8-13-12-6-2-4-11-17(12)25-21(13)15/h1-11,23H,22H2. The molecule has 0 spiro atoms. The monoisotopic (exact) mass is 342 g/mol. The molecule has 120 valence electrons. The molecule has 0 amide bonds. The number of hydrogen-bond donors (Lipinski definition) is 2. The molecular formula is C21H14N2OS. The lowest BCUT2D eigenvalue weighted by Crippen LogP contribution is -2.03. The van der Waals surface area contributed by atoms with E-state index in [4.69, 9.17) is 15.6 Å². The summed E-state index contributed by atoms with van der Waals surface area (Å²) >= 11 is 1.70. The van der Waals surface area contributed by atoms with Gasteiger partial charge in [0.1, 0.15) is 11.3 Å². The number of para-hydroxylation sites is 1. The molecule has 5 rings (SSSR count). The van der Waals surface area contributed by atoms with E-state index in [0.29, 0.717) is 22.7 Å². The molecule has 25 heavy (non-hydrogen) atoms.